The second-order valence-electron chi connectivity index (χ2n) is 6.98. The van der Waals surface area contributed by atoms with Crippen LogP contribution in [0.4, 0.5) is 5.69 Å². The minimum Gasteiger partial charge on any atom is -0.358 e. The molecule has 1 N–H and O–H groups in total. The highest BCUT2D eigenvalue weighted by Gasteiger charge is 2.21. The number of nitrogens with one attached hydrogen (secondary N) is 1. The van der Waals surface area contributed by atoms with Gasteiger partial charge in [-0.3, -0.25) is 14.9 Å². The molecule has 0 aliphatic carbocycles. The number of H-pyrrole nitrogens is 1. The van der Waals surface area contributed by atoms with E-state index >= 15 is 0 Å². The molecule has 0 radical (unpaired) electrons. The van der Waals surface area contributed by atoms with Crippen LogP contribution in [0.3, 0.4) is 0 Å². The summed E-state index contributed by atoms with van der Waals surface area (Å²) in [6, 6.07) is 13.8. The molecular formula is C22H16N6O3S. The fourth-order valence-corrected chi connectivity index (χ4v) is 4.19. The molecule has 0 atom stereocenters. The molecular weight excluding hydrogens is 428 g/mol. The molecule has 0 saturated heterocycles. The monoisotopic (exact) mass is 444 g/mol. The number of nitrogens with zero attached hydrogens (tertiary/aromatic N) is 5. The van der Waals surface area contributed by atoms with Gasteiger partial charge in [0.05, 0.1) is 15.4 Å². The first-order chi connectivity index (χ1) is 15.4. The van der Waals surface area contributed by atoms with Gasteiger partial charge < -0.3 is 9.55 Å². The Morgan fingerprint density at radius 2 is 2.09 bits per heavy atom. The molecule has 0 aliphatic heterocycles. The standard InChI is InChI=1S/C22H16N6O3S/c1-13-20(16-5-3-4-6-17(16)25-13)21(29)15(11-23)9-14-7-8-19(18(10-14)28(30)31)32-22-26-24-12-27(22)2/h3-10,12,25H,1-2H3/b15-9+. The van der Waals surface area contributed by atoms with Crippen molar-refractivity contribution in [3.63, 3.8) is 0 Å². The molecule has 4 aromatic rings. The van der Waals surface area contributed by atoms with Crippen LogP contribution in [0.2, 0.25) is 0 Å². The molecule has 0 spiro atoms. The van der Waals surface area contributed by atoms with Gasteiger partial charge in [-0.25, -0.2) is 0 Å². The van der Waals surface area contributed by atoms with Crippen LogP contribution < -0.4 is 0 Å². The van der Waals surface area contributed by atoms with Gasteiger partial charge in [-0.1, -0.05) is 24.3 Å². The number of allylic oxidation sites excluding steroid dienone is 1. The Balaban J connectivity index is 1.73. The molecule has 0 bridgehead atoms. The van der Waals surface area contributed by atoms with Gasteiger partial charge >= 0.3 is 0 Å². The maximum absolute atomic E-state index is 13.1. The molecule has 2 heterocycles. The highest BCUT2D eigenvalue weighted by Crippen LogP contribution is 2.35. The van der Waals surface area contributed by atoms with Crippen molar-refractivity contribution >= 4 is 40.2 Å². The summed E-state index contributed by atoms with van der Waals surface area (Å²) < 4.78 is 1.65. The fraction of sp³-hybridized carbons (Fsp3) is 0.0909. The highest BCUT2D eigenvalue weighted by atomic mass is 32.2. The summed E-state index contributed by atoms with van der Waals surface area (Å²) in [5, 5.41) is 30.2. The van der Waals surface area contributed by atoms with Crippen molar-refractivity contribution in [2.75, 3.05) is 0 Å². The Hall–Kier alpha value is -4.23. The van der Waals surface area contributed by atoms with Crippen LogP contribution >= 0.6 is 11.8 Å². The Bertz CT molecular complexity index is 1440. The molecule has 10 heteroatoms. The van der Waals surface area contributed by atoms with E-state index in [4.69, 9.17) is 0 Å². The number of aromatic amines is 1. The van der Waals surface area contributed by atoms with Gasteiger partial charge in [-0.05, 0) is 42.5 Å². The van der Waals surface area contributed by atoms with Crippen molar-refractivity contribution in [1.82, 2.24) is 19.7 Å². The van der Waals surface area contributed by atoms with Gasteiger partial charge in [0.25, 0.3) is 5.69 Å². The van der Waals surface area contributed by atoms with E-state index in [-0.39, 0.29) is 11.3 Å². The van der Waals surface area contributed by atoms with Crippen LogP contribution in [0.25, 0.3) is 17.0 Å². The van der Waals surface area contributed by atoms with Crippen molar-refractivity contribution < 1.29 is 9.72 Å². The van der Waals surface area contributed by atoms with E-state index in [1.165, 1.54) is 18.5 Å². The first-order valence-electron chi connectivity index (χ1n) is 9.43. The number of Topliss-reactive ketones (excluding diaryl/α,β-unsaturated/α-hetero) is 1. The molecule has 32 heavy (non-hydrogen) atoms. The molecule has 0 unspecified atom stereocenters. The number of nitriles is 1. The van der Waals surface area contributed by atoms with Crippen LogP contribution in [0.5, 0.6) is 0 Å². The Labute approximate surface area is 186 Å². The molecule has 2 aromatic heterocycles. The number of benzene rings is 2. The molecule has 0 aliphatic rings. The lowest BCUT2D eigenvalue weighted by Crippen LogP contribution is -2.03. The highest BCUT2D eigenvalue weighted by molar-refractivity contribution is 7.99. The lowest BCUT2D eigenvalue weighted by molar-refractivity contribution is -0.387. The minimum atomic E-state index is -0.506. The largest absolute Gasteiger partial charge is 0.358 e. The van der Waals surface area contributed by atoms with E-state index in [0.717, 1.165) is 22.7 Å². The van der Waals surface area contributed by atoms with Crippen molar-refractivity contribution in [1.29, 1.82) is 5.26 Å². The van der Waals surface area contributed by atoms with E-state index in [2.05, 4.69) is 15.2 Å². The number of fused-ring (bicyclic) bond motifs is 1. The molecule has 158 valence electrons. The number of nitro benzene ring substituents is 1. The minimum absolute atomic E-state index is 0.110. The third-order valence-electron chi connectivity index (χ3n) is 4.85. The van der Waals surface area contributed by atoms with E-state index < -0.39 is 10.7 Å². The predicted molar refractivity (Wildman–Crippen MR) is 119 cm³/mol. The molecule has 9 nitrogen and oxygen atoms in total. The summed E-state index contributed by atoms with van der Waals surface area (Å²) in [4.78, 5) is 27.8. The number of para-hydroxylation sites is 1. The van der Waals surface area contributed by atoms with Crippen molar-refractivity contribution in [2.45, 2.75) is 17.0 Å². The number of hydrogen-bond acceptors (Lipinski definition) is 7. The van der Waals surface area contributed by atoms with Gasteiger partial charge in [-0.15, -0.1) is 10.2 Å². The SMILES string of the molecule is Cc1[nH]c2ccccc2c1C(=O)/C(C#N)=C/c1ccc(Sc2nncn2C)c([N+](=O)[O-])c1. The second-order valence-corrected chi connectivity index (χ2v) is 7.99. The van der Waals surface area contributed by atoms with Crippen LogP contribution in [0.1, 0.15) is 21.6 Å². The Morgan fingerprint density at radius 1 is 1.31 bits per heavy atom. The lowest BCUT2D eigenvalue weighted by Gasteiger charge is -2.04. The summed E-state index contributed by atoms with van der Waals surface area (Å²) >= 11 is 1.11. The summed E-state index contributed by atoms with van der Waals surface area (Å²) in [5.74, 6) is -0.442. The van der Waals surface area contributed by atoms with E-state index in [1.54, 1.807) is 30.7 Å². The predicted octanol–water partition coefficient (Wildman–Crippen LogP) is 4.45. The van der Waals surface area contributed by atoms with Gasteiger partial charge in [-0.2, -0.15) is 5.26 Å². The molecule has 4 rings (SSSR count). The van der Waals surface area contributed by atoms with Crippen molar-refractivity contribution in [3.05, 3.63) is 81.3 Å². The quantitative estimate of drug-likeness (QED) is 0.153. The van der Waals surface area contributed by atoms with Gasteiger partial charge in [0.1, 0.15) is 18.0 Å². The topological polar surface area (TPSA) is 130 Å². The van der Waals surface area contributed by atoms with E-state index in [0.29, 0.717) is 26.9 Å². The number of carbonyl (C=O) groups excluding carboxylic acids is 1. The van der Waals surface area contributed by atoms with Crippen LogP contribution in [0, 0.1) is 28.4 Å². The fourth-order valence-electron chi connectivity index (χ4n) is 3.34. The van der Waals surface area contributed by atoms with Gasteiger partial charge in [0.15, 0.2) is 5.16 Å². The van der Waals surface area contributed by atoms with Crippen molar-refractivity contribution in [3.8, 4) is 6.07 Å². The molecule has 0 saturated carbocycles. The van der Waals surface area contributed by atoms with Crippen LogP contribution in [-0.2, 0) is 7.05 Å². The Morgan fingerprint density at radius 3 is 2.78 bits per heavy atom. The van der Waals surface area contributed by atoms with E-state index in [9.17, 15) is 20.2 Å². The van der Waals surface area contributed by atoms with E-state index in [1.807, 2.05) is 30.3 Å². The summed E-state index contributed by atoms with van der Waals surface area (Å²) in [7, 11) is 1.74. The average molecular weight is 444 g/mol. The second kappa shape index (κ2) is 8.49. The smallest absolute Gasteiger partial charge is 0.283 e. The van der Waals surface area contributed by atoms with Gasteiger partial charge in [0.2, 0.25) is 5.78 Å². The number of carbonyl (C=O) groups is 1. The lowest BCUT2D eigenvalue weighted by atomic mass is 9.99. The van der Waals surface area contributed by atoms with Crippen molar-refractivity contribution in [2.24, 2.45) is 7.05 Å². The molecule has 0 fully saturated rings. The third kappa shape index (κ3) is 3.89. The number of ketones is 1. The number of nitro groups is 1. The number of aromatic nitrogens is 4. The Kier molecular flexibility index (Phi) is 5.57. The normalized spacial score (nSPS) is 11.5. The summed E-state index contributed by atoms with van der Waals surface area (Å²) in [6.07, 6.45) is 2.87. The number of aryl methyl sites for hydroxylation is 2. The zero-order valence-corrected chi connectivity index (χ0v) is 17.9. The van der Waals surface area contributed by atoms with Crippen LogP contribution in [-0.4, -0.2) is 30.5 Å². The number of hydrogen-bond donors (Lipinski definition) is 1. The first-order valence-corrected chi connectivity index (χ1v) is 10.2. The zero-order chi connectivity index (χ0) is 22.8. The first kappa shape index (κ1) is 21.0. The summed E-state index contributed by atoms with van der Waals surface area (Å²) in [6.45, 7) is 1.77. The third-order valence-corrected chi connectivity index (χ3v) is 5.96. The maximum atomic E-state index is 13.1. The number of rotatable bonds is 6. The summed E-state index contributed by atoms with van der Waals surface area (Å²) in [5.41, 5.74) is 1.98. The maximum Gasteiger partial charge on any atom is 0.283 e. The van der Waals surface area contributed by atoms with Gasteiger partial charge in [0, 0.05) is 29.7 Å². The van der Waals surface area contributed by atoms with Crippen LogP contribution in [0.15, 0.2) is 64.4 Å². The molecule has 0 amide bonds. The zero-order valence-electron chi connectivity index (χ0n) is 17.1. The average Bonchev–Trinajstić information content (AvgIpc) is 3.33. The molecule has 2 aromatic carbocycles.